The van der Waals surface area contributed by atoms with Crippen molar-refractivity contribution in [2.75, 3.05) is 6.54 Å². The van der Waals surface area contributed by atoms with Crippen molar-refractivity contribution < 1.29 is 17.6 Å². The Labute approximate surface area is 203 Å². The van der Waals surface area contributed by atoms with Crippen LogP contribution in [0.25, 0.3) is 10.8 Å². The van der Waals surface area contributed by atoms with Gasteiger partial charge in [0.15, 0.2) is 0 Å². The highest BCUT2D eigenvalue weighted by atomic mass is 32.2. The number of carbonyl (C=O) groups excluding carboxylic acids is 1. The van der Waals surface area contributed by atoms with Gasteiger partial charge in [-0.2, -0.15) is 9.41 Å². The van der Waals surface area contributed by atoms with Gasteiger partial charge in [-0.05, 0) is 35.9 Å². The monoisotopic (exact) mass is 489 g/mol. The maximum Gasteiger partial charge on any atom is 0.255 e. The Morgan fingerprint density at radius 2 is 1.63 bits per heavy atom. The molecule has 0 radical (unpaired) electrons. The Balaban J connectivity index is 1.55. The first-order chi connectivity index (χ1) is 16.8. The minimum Gasteiger partial charge on any atom is -0.272 e. The lowest BCUT2D eigenvalue weighted by atomic mass is 10.1. The lowest BCUT2D eigenvalue weighted by Crippen LogP contribution is -2.39. The molecular weight excluding hydrogens is 465 g/mol. The molecule has 4 aromatic rings. The molecule has 0 bridgehead atoms. The molecule has 1 N–H and O–H groups in total. The van der Waals surface area contributed by atoms with Crippen LogP contribution in [0.15, 0.2) is 101 Å². The fourth-order valence-corrected chi connectivity index (χ4v) is 5.01. The number of amides is 1. The third-order valence-corrected chi connectivity index (χ3v) is 7.31. The van der Waals surface area contributed by atoms with E-state index in [4.69, 9.17) is 0 Å². The van der Waals surface area contributed by atoms with Crippen molar-refractivity contribution in [1.29, 1.82) is 0 Å². The molecule has 0 atom stereocenters. The molecule has 4 aromatic carbocycles. The molecule has 0 spiro atoms. The summed E-state index contributed by atoms with van der Waals surface area (Å²) in [6, 6.07) is 25.6. The molecule has 178 valence electrons. The van der Waals surface area contributed by atoms with E-state index in [1.165, 1.54) is 36.5 Å². The molecule has 4 rings (SSSR count). The van der Waals surface area contributed by atoms with Gasteiger partial charge in [-0.25, -0.2) is 18.2 Å². The zero-order valence-electron chi connectivity index (χ0n) is 19.1. The first kappa shape index (κ1) is 24.3. The molecular formula is C27H24FN3O3S. The maximum absolute atomic E-state index is 14.3. The number of nitrogens with one attached hydrogen (secondary N) is 1. The second-order valence-electron chi connectivity index (χ2n) is 8.04. The lowest BCUT2D eigenvalue weighted by molar-refractivity contribution is -0.121. The molecule has 0 aliphatic heterocycles. The number of hydrazone groups is 1. The van der Waals surface area contributed by atoms with Crippen LogP contribution in [0, 0.1) is 12.7 Å². The summed E-state index contributed by atoms with van der Waals surface area (Å²) >= 11 is 0. The fraction of sp³-hybridized carbons (Fsp3) is 0.111. The minimum atomic E-state index is -4.08. The van der Waals surface area contributed by atoms with Crippen LogP contribution in [-0.2, 0) is 21.4 Å². The van der Waals surface area contributed by atoms with Crippen molar-refractivity contribution in [3.05, 3.63) is 114 Å². The van der Waals surface area contributed by atoms with Crippen LogP contribution in [0.1, 0.15) is 16.7 Å². The summed E-state index contributed by atoms with van der Waals surface area (Å²) in [5, 5.41) is 6.01. The molecule has 0 aromatic heterocycles. The summed E-state index contributed by atoms with van der Waals surface area (Å²) in [5.41, 5.74) is 4.25. The van der Waals surface area contributed by atoms with Crippen LogP contribution < -0.4 is 5.43 Å². The molecule has 1 amide bonds. The Bertz CT molecular complexity index is 1480. The smallest absolute Gasteiger partial charge is 0.255 e. The highest BCUT2D eigenvalue weighted by molar-refractivity contribution is 7.89. The molecule has 0 saturated heterocycles. The van der Waals surface area contributed by atoms with Crippen molar-refractivity contribution in [3.8, 4) is 0 Å². The first-order valence-corrected chi connectivity index (χ1v) is 12.4. The Hall–Kier alpha value is -3.88. The summed E-state index contributed by atoms with van der Waals surface area (Å²) in [7, 11) is -4.08. The third kappa shape index (κ3) is 5.79. The molecule has 0 fully saturated rings. The third-order valence-electron chi connectivity index (χ3n) is 5.50. The number of sulfonamides is 1. The first-order valence-electron chi connectivity index (χ1n) is 10.9. The van der Waals surface area contributed by atoms with E-state index >= 15 is 0 Å². The fourth-order valence-electron chi connectivity index (χ4n) is 3.63. The van der Waals surface area contributed by atoms with Crippen molar-refractivity contribution in [1.82, 2.24) is 9.73 Å². The molecule has 6 nitrogen and oxygen atoms in total. The van der Waals surface area contributed by atoms with Crippen molar-refractivity contribution in [3.63, 3.8) is 0 Å². The van der Waals surface area contributed by atoms with Crippen LogP contribution in [0.3, 0.4) is 0 Å². The van der Waals surface area contributed by atoms with Crippen molar-refractivity contribution in [2.24, 2.45) is 5.10 Å². The SMILES string of the molecule is Cc1ccc(S(=O)(=O)N(CC(=O)N/N=C\c2cccc3ccccc23)Cc2ccccc2F)cc1. The molecule has 0 saturated carbocycles. The summed E-state index contributed by atoms with van der Waals surface area (Å²) in [6.07, 6.45) is 1.51. The number of nitrogens with zero attached hydrogens (tertiary/aromatic N) is 2. The number of benzene rings is 4. The lowest BCUT2D eigenvalue weighted by Gasteiger charge is -2.22. The number of hydrogen-bond acceptors (Lipinski definition) is 4. The van der Waals surface area contributed by atoms with E-state index in [0.29, 0.717) is 0 Å². The number of fused-ring (bicyclic) bond motifs is 1. The number of rotatable bonds is 8. The van der Waals surface area contributed by atoms with E-state index in [1.807, 2.05) is 49.4 Å². The van der Waals surface area contributed by atoms with Gasteiger partial charge in [-0.1, -0.05) is 78.4 Å². The van der Waals surface area contributed by atoms with Gasteiger partial charge in [0.25, 0.3) is 5.91 Å². The van der Waals surface area contributed by atoms with Gasteiger partial charge in [0.1, 0.15) is 5.82 Å². The summed E-state index contributed by atoms with van der Waals surface area (Å²) in [4.78, 5) is 12.7. The normalized spacial score (nSPS) is 11.9. The second kappa shape index (κ2) is 10.6. The molecule has 35 heavy (non-hydrogen) atoms. The average molecular weight is 490 g/mol. The number of aryl methyl sites for hydroxylation is 1. The van der Waals surface area contributed by atoms with E-state index in [0.717, 1.165) is 26.2 Å². The van der Waals surface area contributed by atoms with E-state index in [2.05, 4.69) is 10.5 Å². The second-order valence-corrected chi connectivity index (χ2v) is 9.98. The Kier molecular flexibility index (Phi) is 7.33. The van der Waals surface area contributed by atoms with E-state index < -0.39 is 28.3 Å². The van der Waals surface area contributed by atoms with E-state index in [-0.39, 0.29) is 17.0 Å². The van der Waals surface area contributed by atoms with Gasteiger partial charge >= 0.3 is 0 Å². The number of carbonyl (C=O) groups is 1. The van der Waals surface area contributed by atoms with Gasteiger partial charge in [0, 0.05) is 17.7 Å². The van der Waals surface area contributed by atoms with Crippen molar-refractivity contribution >= 4 is 32.9 Å². The van der Waals surface area contributed by atoms with Crippen molar-refractivity contribution in [2.45, 2.75) is 18.4 Å². The summed E-state index contributed by atoms with van der Waals surface area (Å²) in [5.74, 6) is -1.19. The average Bonchev–Trinajstić information content (AvgIpc) is 2.85. The van der Waals surface area contributed by atoms with E-state index in [1.54, 1.807) is 18.2 Å². The van der Waals surface area contributed by atoms with Gasteiger partial charge in [0.05, 0.1) is 17.7 Å². The van der Waals surface area contributed by atoms with Gasteiger partial charge in [-0.3, -0.25) is 4.79 Å². The highest BCUT2D eigenvalue weighted by Gasteiger charge is 2.27. The maximum atomic E-state index is 14.3. The van der Waals surface area contributed by atoms with Crippen LogP contribution in [0.5, 0.6) is 0 Å². The van der Waals surface area contributed by atoms with Gasteiger partial charge in [0.2, 0.25) is 10.0 Å². The standard InChI is InChI=1S/C27H24FN3O3S/c1-20-13-15-24(16-14-20)35(33,34)31(18-23-8-3-5-12-26(23)28)19-27(32)30-29-17-22-10-6-9-21-7-2-4-11-25(21)22/h2-17H,18-19H2,1H3,(H,30,32)/b29-17-. The largest absolute Gasteiger partial charge is 0.272 e. The Morgan fingerprint density at radius 1 is 0.943 bits per heavy atom. The molecule has 0 heterocycles. The predicted molar refractivity (Wildman–Crippen MR) is 135 cm³/mol. The van der Waals surface area contributed by atoms with Crippen LogP contribution in [0.4, 0.5) is 4.39 Å². The predicted octanol–water partition coefficient (Wildman–Crippen LogP) is 4.63. The molecule has 0 unspecified atom stereocenters. The van der Waals surface area contributed by atoms with Gasteiger partial charge in [-0.15, -0.1) is 0 Å². The van der Waals surface area contributed by atoms with Gasteiger partial charge < -0.3 is 0 Å². The Morgan fingerprint density at radius 3 is 2.40 bits per heavy atom. The summed E-state index contributed by atoms with van der Waals surface area (Å²) < 4.78 is 41.9. The highest BCUT2D eigenvalue weighted by Crippen LogP contribution is 2.20. The topological polar surface area (TPSA) is 78.8 Å². The number of hydrogen-bond donors (Lipinski definition) is 1. The molecule has 0 aliphatic carbocycles. The number of halogens is 1. The molecule has 8 heteroatoms. The zero-order valence-corrected chi connectivity index (χ0v) is 19.9. The molecule has 0 aliphatic rings. The van der Waals surface area contributed by atoms with Crippen LogP contribution >= 0.6 is 0 Å². The zero-order chi connectivity index (χ0) is 24.8. The van der Waals surface area contributed by atoms with Crippen LogP contribution in [0.2, 0.25) is 0 Å². The summed E-state index contributed by atoms with van der Waals surface area (Å²) in [6.45, 7) is 1.01. The van der Waals surface area contributed by atoms with Crippen LogP contribution in [-0.4, -0.2) is 31.4 Å². The minimum absolute atomic E-state index is 0.0199. The quantitative estimate of drug-likeness (QED) is 0.290. The van der Waals surface area contributed by atoms with E-state index in [9.17, 15) is 17.6 Å².